The molecule has 0 bridgehead atoms. The number of hydrogen-bond acceptors (Lipinski definition) is 7. The molecule has 3 heterocycles. The Morgan fingerprint density at radius 2 is 1.88 bits per heavy atom. The number of piperidine rings is 1. The molecule has 2 saturated heterocycles. The highest BCUT2D eigenvalue weighted by Gasteiger charge is 2.45. The third-order valence-electron chi connectivity index (χ3n) is 8.25. The smallest absolute Gasteiger partial charge is 0.263 e. The fourth-order valence-corrected chi connectivity index (χ4v) is 6.22. The Hall–Kier alpha value is -3.59. The van der Waals surface area contributed by atoms with Crippen molar-refractivity contribution in [2.75, 3.05) is 45.4 Å². The monoisotopic (exact) mass is 549 g/mol. The lowest BCUT2D eigenvalue weighted by molar-refractivity contribution is -0.125. The van der Waals surface area contributed by atoms with Crippen LogP contribution in [-0.4, -0.2) is 74.7 Å². The molecule has 0 unspecified atom stereocenters. The number of hydrogen-bond donors (Lipinski definition) is 1. The summed E-state index contributed by atoms with van der Waals surface area (Å²) in [6.07, 6.45) is 3.54. The van der Waals surface area contributed by atoms with Gasteiger partial charge in [-0.1, -0.05) is 12.1 Å². The molecular formula is C31H39N3O6. The first-order valence-electron chi connectivity index (χ1n) is 14.1. The SMILES string of the molecule is COc1ccc(CCNC(=O)[C@@H]2CCCN(c3cccc4c3C(=O)N([C@@H]3CCOC(C)(C)C3)C4=O)C2)cc1OC. The summed E-state index contributed by atoms with van der Waals surface area (Å²) in [6, 6.07) is 11.0. The van der Waals surface area contributed by atoms with E-state index in [1.165, 1.54) is 4.90 Å². The van der Waals surface area contributed by atoms with Gasteiger partial charge in [0.25, 0.3) is 11.8 Å². The van der Waals surface area contributed by atoms with Crippen LogP contribution in [0.1, 0.15) is 65.8 Å². The third kappa shape index (κ3) is 5.52. The summed E-state index contributed by atoms with van der Waals surface area (Å²) in [5.41, 5.74) is 2.32. The fourth-order valence-electron chi connectivity index (χ4n) is 6.22. The van der Waals surface area contributed by atoms with Gasteiger partial charge in [0.2, 0.25) is 5.91 Å². The minimum atomic E-state index is -0.381. The molecule has 0 radical (unpaired) electrons. The lowest BCUT2D eigenvalue weighted by atomic mass is 9.93. The molecule has 0 aliphatic carbocycles. The van der Waals surface area contributed by atoms with Gasteiger partial charge in [-0.05, 0) is 75.8 Å². The van der Waals surface area contributed by atoms with Gasteiger partial charge < -0.3 is 24.4 Å². The van der Waals surface area contributed by atoms with Crippen molar-refractivity contribution in [3.63, 3.8) is 0 Å². The van der Waals surface area contributed by atoms with Crippen molar-refractivity contribution in [1.82, 2.24) is 10.2 Å². The van der Waals surface area contributed by atoms with E-state index in [1.54, 1.807) is 20.3 Å². The number of anilines is 1. The van der Waals surface area contributed by atoms with E-state index in [9.17, 15) is 14.4 Å². The van der Waals surface area contributed by atoms with Crippen molar-refractivity contribution in [3.05, 3.63) is 53.1 Å². The Kier molecular flexibility index (Phi) is 8.03. The third-order valence-corrected chi connectivity index (χ3v) is 8.25. The summed E-state index contributed by atoms with van der Waals surface area (Å²) in [4.78, 5) is 43.8. The number of carbonyl (C=O) groups is 3. The van der Waals surface area contributed by atoms with Crippen LogP contribution in [-0.2, 0) is 16.0 Å². The normalized spacial score (nSPS) is 22.2. The van der Waals surface area contributed by atoms with Gasteiger partial charge >= 0.3 is 0 Å². The maximum absolute atomic E-state index is 13.7. The number of fused-ring (bicyclic) bond motifs is 1. The summed E-state index contributed by atoms with van der Waals surface area (Å²) in [6.45, 7) is 6.26. The molecule has 3 amide bonds. The Labute approximate surface area is 235 Å². The molecule has 214 valence electrons. The molecular weight excluding hydrogens is 510 g/mol. The van der Waals surface area contributed by atoms with Crippen LogP contribution >= 0.6 is 0 Å². The lowest BCUT2D eigenvalue weighted by Crippen LogP contribution is -2.48. The van der Waals surface area contributed by atoms with Crippen molar-refractivity contribution in [3.8, 4) is 11.5 Å². The number of methoxy groups -OCH3 is 2. The maximum Gasteiger partial charge on any atom is 0.263 e. The van der Waals surface area contributed by atoms with E-state index in [0.717, 1.165) is 30.6 Å². The minimum Gasteiger partial charge on any atom is -0.493 e. The van der Waals surface area contributed by atoms with E-state index in [2.05, 4.69) is 10.2 Å². The Morgan fingerprint density at radius 1 is 1.07 bits per heavy atom. The summed E-state index contributed by atoms with van der Waals surface area (Å²) in [5.74, 6) is 0.674. The molecule has 0 aromatic heterocycles. The molecule has 5 rings (SSSR count). The molecule has 2 aromatic carbocycles. The molecule has 1 N–H and O–H groups in total. The van der Waals surface area contributed by atoms with Crippen LogP contribution in [0, 0.1) is 5.92 Å². The van der Waals surface area contributed by atoms with Crippen molar-refractivity contribution in [2.24, 2.45) is 5.92 Å². The second kappa shape index (κ2) is 11.5. The first-order chi connectivity index (χ1) is 19.2. The summed E-state index contributed by atoms with van der Waals surface area (Å²) in [7, 11) is 3.21. The lowest BCUT2D eigenvalue weighted by Gasteiger charge is -2.39. The molecule has 3 aliphatic rings. The number of amides is 3. The maximum atomic E-state index is 13.7. The van der Waals surface area contributed by atoms with Gasteiger partial charge in [0.1, 0.15) is 0 Å². The molecule has 2 atom stereocenters. The van der Waals surface area contributed by atoms with Gasteiger partial charge in [-0.3, -0.25) is 19.3 Å². The van der Waals surface area contributed by atoms with Gasteiger partial charge in [-0.25, -0.2) is 0 Å². The van der Waals surface area contributed by atoms with Crippen LogP contribution in [0.3, 0.4) is 0 Å². The van der Waals surface area contributed by atoms with Gasteiger partial charge in [0, 0.05) is 32.3 Å². The first-order valence-corrected chi connectivity index (χ1v) is 14.1. The molecule has 0 spiro atoms. The number of benzene rings is 2. The number of rotatable bonds is 8. The molecule has 9 heteroatoms. The molecule has 2 fully saturated rings. The Bertz CT molecular complexity index is 1290. The predicted molar refractivity (Wildman–Crippen MR) is 151 cm³/mol. The number of ether oxygens (including phenoxy) is 3. The molecule has 0 saturated carbocycles. The van der Waals surface area contributed by atoms with Gasteiger partial charge in [-0.2, -0.15) is 0 Å². The second-order valence-electron chi connectivity index (χ2n) is 11.5. The summed E-state index contributed by atoms with van der Waals surface area (Å²) in [5, 5.41) is 3.09. The first kappa shape index (κ1) is 28.0. The van der Waals surface area contributed by atoms with Crippen LogP contribution in [0.5, 0.6) is 11.5 Å². The number of nitrogens with zero attached hydrogens (tertiary/aromatic N) is 2. The zero-order valence-electron chi connectivity index (χ0n) is 23.8. The van der Waals surface area contributed by atoms with E-state index >= 15 is 0 Å². The van der Waals surface area contributed by atoms with E-state index in [0.29, 0.717) is 61.6 Å². The topological polar surface area (TPSA) is 97.4 Å². The quantitative estimate of drug-likeness (QED) is 0.500. The van der Waals surface area contributed by atoms with Gasteiger partial charge in [0.05, 0.1) is 42.6 Å². The van der Waals surface area contributed by atoms with E-state index < -0.39 is 0 Å². The number of nitrogens with one attached hydrogen (secondary N) is 1. The van der Waals surface area contributed by atoms with Crippen LogP contribution in [0.25, 0.3) is 0 Å². The Morgan fingerprint density at radius 3 is 2.62 bits per heavy atom. The molecule has 2 aromatic rings. The second-order valence-corrected chi connectivity index (χ2v) is 11.5. The average Bonchev–Trinajstić information content (AvgIpc) is 3.21. The standard InChI is InChI=1S/C31H39N3O6/c1-31(2)18-22(13-16-40-31)34-29(36)23-8-5-9-24(27(23)30(34)37)33-15-6-7-21(19-33)28(35)32-14-12-20-10-11-25(38-3)26(17-20)39-4/h5,8-11,17,21-22H,6-7,12-16,18-19H2,1-4H3,(H,32,35)/t21-,22-/m1/s1. The van der Waals surface area contributed by atoms with Crippen LogP contribution in [0.4, 0.5) is 5.69 Å². The molecule has 9 nitrogen and oxygen atoms in total. The van der Waals surface area contributed by atoms with Crippen LogP contribution in [0.15, 0.2) is 36.4 Å². The number of carbonyl (C=O) groups excluding carboxylic acids is 3. The van der Waals surface area contributed by atoms with E-state index in [1.807, 2.05) is 44.2 Å². The zero-order chi connectivity index (χ0) is 28.4. The zero-order valence-corrected chi connectivity index (χ0v) is 23.8. The van der Waals surface area contributed by atoms with Crippen molar-refractivity contribution < 1.29 is 28.6 Å². The predicted octanol–water partition coefficient (Wildman–Crippen LogP) is 3.83. The highest BCUT2D eigenvalue weighted by Crippen LogP contribution is 2.38. The van der Waals surface area contributed by atoms with Crippen molar-refractivity contribution >= 4 is 23.4 Å². The fraction of sp³-hybridized carbons (Fsp3) is 0.516. The highest BCUT2D eigenvalue weighted by molar-refractivity contribution is 6.24. The summed E-state index contributed by atoms with van der Waals surface area (Å²) >= 11 is 0. The summed E-state index contributed by atoms with van der Waals surface area (Å²) < 4.78 is 16.5. The highest BCUT2D eigenvalue weighted by atomic mass is 16.5. The van der Waals surface area contributed by atoms with Gasteiger partial charge in [0.15, 0.2) is 11.5 Å². The molecule has 3 aliphatic heterocycles. The molecule has 40 heavy (non-hydrogen) atoms. The largest absolute Gasteiger partial charge is 0.493 e. The van der Waals surface area contributed by atoms with Gasteiger partial charge in [-0.15, -0.1) is 0 Å². The Balaban J connectivity index is 1.24. The van der Waals surface area contributed by atoms with Crippen LogP contribution < -0.4 is 19.7 Å². The minimum absolute atomic E-state index is 0.00576. The average molecular weight is 550 g/mol. The van der Waals surface area contributed by atoms with E-state index in [4.69, 9.17) is 14.2 Å². The van der Waals surface area contributed by atoms with Crippen molar-refractivity contribution in [1.29, 1.82) is 0 Å². The number of imide groups is 1. The van der Waals surface area contributed by atoms with Crippen LogP contribution in [0.2, 0.25) is 0 Å². The van der Waals surface area contributed by atoms with Crippen molar-refractivity contribution in [2.45, 2.75) is 57.6 Å². The van der Waals surface area contributed by atoms with E-state index in [-0.39, 0.29) is 35.3 Å².